The number of pyridine rings is 1. The fourth-order valence-corrected chi connectivity index (χ4v) is 2.06. The lowest BCUT2D eigenvalue weighted by Gasteiger charge is -2.07. The summed E-state index contributed by atoms with van der Waals surface area (Å²) in [7, 11) is 0. The molecule has 1 aromatic heterocycles. The summed E-state index contributed by atoms with van der Waals surface area (Å²) in [6.45, 7) is 4.45. The fourth-order valence-electron chi connectivity index (χ4n) is 1.90. The number of nitrogens with zero attached hydrogens (tertiary/aromatic N) is 1. The van der Waals surface area contributed by atoms with Crippen molar-refractivity contribution >= 4 is 11.6 Å². The van der Waals surface area contributed by atoms with Crippen LogP contribution in [0.1, 0.15) is 19.4 Å². The molecule has 1 aromatic carbocycles. The van der Waals surface area contributed by atoms with Gasteiger partial charge in [-0.3, -0.25) is 0 Å². The Hall–Kier alpha value is -1.34. The molecule has 0 amide bonds. The summed E-state index contributed by atoms with van der Waals surface area (Å²) in [6, 6.07) is 14.2. The van der Waals surface area contributed by atoms with Crippen LogP contribution < -0.4 is 0 Å². The van der Waals surface area contributed by atoms with Crippen molar-refractivity contribution in [1.82, 2.24) is 4.98 Å². The molecule has 2 aromatic rings. The SMILES string of the molecule is CC(C)Cc1cccc(-c2cccc(Cl)n2)c1. The molecule has 0 N–H and O–H groups in total. The van der Waals surface area contributed by atoms with Crippen molar-refractivity contribution in [1.29, 1.82) is 0 Å². The Morgan fingerprint density at radius 2 is 1.88 bits per heavy atom. The van der Waals surface area contributed by atoms with E-state index in [1.807, 2.05) is 12.1 Å². The molecule has 0 radical (unpaired) electrons. The van der Waals surface area contributed by atoms with Gasteiger partial charge in [-0.15, -0.1) is 0 Å². The van der Waals surface area contributed by atoms with E-state index in [0.717, 1.165) is 17.7 Å². The zero-order chi connectivity index (χ0) is 12.3. The molecular weight excluding hydrogens is 230 g/mol. The topological polar surface area (TPSA) is 12.9 Å². The lowest BCUT2D eigenvalue weighted by Crippen LogP contribution is -1.94. The van der Waals surface area contributed by atoms with Crippen LogP contribution in [0.15, 0.2) is 42.5 Å². The van der Waals surface area contributed by atoms with E-state index in [1.54, 1.807) is 6.07 Å². The Labute approximate surface area is 107 Å². The maximum absolute atomic E-state index is 5.91. The molecule has 0 aliphatic heterocycles. The van der Waals surface area contributed by atoms with Crippen molar-refractivity contribution in [2.45, 2.75) is 20.3 Å². The molecule has 0 aliphatic carbocycles. The maximum Gasteiger partial charge on any atom is 0.129 e. The summed E-state index contributed by atoms with van der Waals surface area (Å²) < 4.78 is 0. The fraction of sp³-hybridized carbons (Fsp3) is 0.267. The Kier molecular flexibility index (Phi) is 3.80. The largest absolute Gasteiger partial charge is 0.236 e. The van der Waals surface area contributed by atoms with Gasteiger partial charge in [0.2, 0.25) is 0 Å². The molecule has 0 saturated carbocycles. The van der Waals surface area contributed by atoms with Crippen molar-refractivity contribution in [2.75, 3.05) is 0 Å². The zero-order valence-corrected chi connectivity index (χ0v) is 10.9. The molecule has 0 spiro atoms. The van der Waals surface area contributed by atoms with Crippen LogP contribution in [-0.4, -0.2) is 4.98 Å². The molecule has 2 rings (SSSR count). The van der Waals surface area contributed by atoms with Crippen molar-refractivity contribution in [2.24, 2.45) is 5.92 Å². The van der Waals surface area contributed by atoms with Crippen molar-refractivity contribution in [3.05, 3.63) is 53.2 Å². The number of hydrogen-bond acceptors (Lipinski definition) is 1. The van der Waals surface area contributed by atoms with Gasteiger partial charge in [0.15, 0.2) is 0 Å². The van der Waals surface area contributed by atoms with Crippen molar-refractivity contribution in [3.8, 4) is 11.3 Å². The second-order valence-corrected chi connectivity index (χ2v) is 5.03. The van der Waals surface area contributed by atoms with Crippen LogP contribution in [-0.2, 0) is 6.42 Å². The first-order valence-electron chi connectivity index (χ1n) is 5.87. The van der Waals surface area contributed by atoms with E-state index in [1.165, 1.54) is 5.56 Å². The van der Waals surface area contributed by atoms with Crippen LogP contribution in [0.25, 0.3) is 11.3 Å². The van der Waals surface area contributed by atoms with Crippen LogP contribution in [0.3, 0.4) is 0 Å². The number of benzene rings is 1. The van der Waals surface area contributed by atoms with Gasteiger partial charge in [0.25, 0.3) is 0 Å². The van der Waals surface area contributed by atoms with E-state index in [0.29, 0.717) is 11.1 Å². The van der Waals surface area contributed by atoms with E-state index < -0.39 is 0 Å². The highest BCUT2D eigenvalue weighted by atomic mass is 35.5. The molecule has 0 saturated heterocycles. The molecule has 0 bridgehead atoms. The van der Waals surface area contributed by atoms with Crippen LogP contribution >= 0.6 is 11.6 Å². The first-order valence-corrected chi connectivity index (χ1v) is 6.25. The van der Waals surface area contributed by atoms with Gasteiger partial charge in [-0.2, -0.15) is 0 Å². The molecule has 1 nitrogen and oxygen atoms in total. The lowest BCUT2D eigenvalue weighted by molar-refractivity contribution is 0.647. The highest BCUT2D eigenvalue weighted by Gasteiger charge is 2.03. The molecule has 0 aliphatic rings. The Morgan fingerprint density at radius 3 is 2.59 bits per heavy atom. The molecule has 17 heavy (non-hydrogen) atoms. The van der Waals surface area contributed by atoms with Gasteiger partial charge in [-0.25, -0.2) is 4.98 Å². The number of hydrogen-bond donors (Lipinski definition) is 0. The quantitative estimate of drug-likeness (QED) is 0.720. The van der Waals surface area contributed by atoms with Gasteiger partial charge in [-0.1, -0.05) is 49.7 Å². The normalized spacial score (nSPS) is 10.8. The van der Waals surface area contributed by atoms with Gasteiger partial charge in [0.05, 0.1) is 5.69 Å². The molecule has 0 fully saturated rings. The van der Waals surface area contributed by atoms with Gasteiger partial charge in [-0.05, 0) is 36.1 Å². The summed E-state index contributed by atoms with van der Waals surface area (Å²) in [6.07, 6.45) is 1.09. The van der Waals surface area contributed by atoms with Gasteiger partial charge < -0.3 is 0 Å². The predicted octanol–water partition coefficient (Wildman–Crippen LogP) is 4.60. The summed E-state index contributed by atoms with van der Waals surface area (Å²) in [5, 5.41) is 0.539. The Morgan fingerprint density at radius 1 is 1.12 bits per heavy atom. The van der Waals surface area contributed by atoms with E-state index in [2.05, 4.69) is 43.1 Å². The third-order valence-corrected chi connectivity index (χ3v) is 2.79. The number of halogens is 1. The molecule has 0 unspecified atom stereocenters. The van der Waals surface area contributed by atoms with Crippen molar-refractivity contribution in [3.63, 3.8) is 0 Å². The minimum Gasteiger partial charge on any atom is -0.236 e. The molecular formula is C15H16ClN. The monoisotopic (exact) mass is 245 g/mol. The van der Waals surface area contributed by atoms with Crippen LogP contribution in [0.2, 0.25) is 5.15 Å². The highest BCUT2D eigenvalue weighted by molar-refractivity contribution is 6.29. The summed E-state index contributed by atoms with van der Waals surface area (Å²) >= 11 is 5.91. The van der Waals surface area contributed by atoms with E-state index in [9.17, 15) is 0 Å². The minimum atomic E-state index is 0.539. The third-order valence-electron chi connectivity index (χ3n) is 2.58. The zero-order valence-electron chi connectivity index (χ0n) is 10.2. The third kappa shape index (κ3) is 3.31. The Balaban J connectivity index is 2.33. The first kappa shape index (κ1) is 12.1. The van der Waals surface area contributed by atoms with Gasteiger partial charge >= 0.3 is 0 Å². The maximum atomic E-state index is 5.91. The first-order chi connectivity index (χ1) is 8.15. The van der Waals surface area contributed by atoms with Gasteiger partial charge in [0, 0.05) is 5.56 Å². The standard InChI is InChI=1S/C15H16ClN/c1-11(2)9-12-5-3-6-13(10-12)14-7-4-8-15(16)17-14/h3-8,10-11H,9H2,1-2H3. The Bertz CT molecular complexity index is 506. The number of rotatable bonds is 3. The van der Waals surface area contributed by atoms with E-state index in [-0.39, 0.29) is 0 Å². The van der Waals surface area contributed by atoms with Crippen LogP contribution in [0.5, 0.6) is 0 Å². The lowest BCUT2D eigenvalue weighted by atomic mass is 10.00. The smallest absolute Gasteiger partial charge is 0.129 e. The average Bonchev–Trinajstić information content (AvgIpc) is 2.28. The van der Waals surface area contributed by atoms with Crippen LogP contribution in [0.4, 0.5) is 0 Å². The van der Waals surface area contributed by atoms with E-state index in [4.69, 9.17) is 11.6 Å². The van der Waals surface area contributed by atoms with Crippen LogP contribution in [0, 0.1) is 5.92 Å². The summed E-state index contributed by atoms with van der Waals surface area (Å²) in [4.78, 5) is 4.33. The molecule has 0 atom stereocenters. The summed E-state index contributed by atoms with van der Waals surface area (Å²) in [5.74, 6) is 0.664. The van der Waals surface area contributed by atoms with Crippen molar-refractivity contribution < 1.29 is 0 Å². The second kappa shape index (κ2) is 5.33. The average molecular weight is 246 g/mol. The minimum absolute atomic E-state index is 0.539. The molecule has 2 heteroatoms. The van der Waals surface area contributed by atoms with Gasteiger partial charge in [0.1, 0.15) is 5.15 Å². The summed E-state index contributed by atoms with van der Waals surface area (Å²) in [5.41, 5.74) is 3.41. The highest BCUT2D eigenvalue weighted by Crippen LogP contribution is 2.21. The van der Waals surface area contributed by atoms with E-state index >= 15 is 0 Å². The predicted molar refractivity (Wildman–Crippen MR) is 73.2 cm³/mol. The second-order valence-electron chi connectivity index (χ2n) is 4.64. The number of aromatic nitrogens is 1. The molecule has 1 heterocycles. The molecule has 88 valence electrons.